The van der Waals surface area contributed by atoms with E-state index in [1.54, 1.807) is 6.20 Å². The third kappa shape index (κ3) is 3.94. The fourth-order valence-corrected chi connectivity index (χ4v) is 4.52. The largest absolute Gasteiger partial charge is 0.336 e. The monoisotopic (exact) mass is 407 g/mol. The van der Waals surface area contributed by atoms with Crippen LogP contribution in [0.25, 0.3) is 10.9 Å². The minimum Gasteiger partial charge on any atom is -0.336 e. The minimum atomic E-state index is 0.0919. The zero-order valence-electron chi connectivity index (χ0n) is 17.4. The lowest BCUT2D eigenvalue weighted by Gasteiger charge is -2.40. The first-order valence-corrected chi connectivity index (χ1v) is 10.8. The topological polar surface area (TPSA) is 36.4 Å². The van der Waals surface area contributed by atoms with Crippen LogP contribution in [-0.4, -0.2) is 46.9 Å². The van der Waals surface area contributed by atoms with Crippen molar-refractivity contribution in [3.8, 4) is 0 Å². The van der Waals surface area contributed by atoms with Crippen LogP contribution in [0.2, 0.25) is 0 Å². The number of benzene rings is 3. The van der Waals surface area contributed by atoms with E-state index in [1.165, 1.54) is 11.1 Å². The molecule has 0 radical (unpaired) electrons. The number of carbonyl (C=O) groups is 1. The third-order valence-electron chi connectivity index (χ3n) is 6.08. The lowest BCUT2D eigenvalue weighted by molar-refractivity contribution is 0.0599. The molecule has 1 aromatic heterocycles. The Balaban J connectivity index is 1.37. The van der Waals surface area contributed by atoms with Crippen molar-refractivity contribution in [1.82, 2.24) is 14.8 Å². The molecule has 0 saturated carbocycles. The number of nitrogens with zero attached hydrogens (tertiary/aromatic N) is 3. The van der Waals surface area contributed by atoms with Gasteiger partial charge in [0.25, 0.3) is 5.91 Å². The molecule has 154 valence electrons. The van der Waals surface area contributed by atoms with Crippen molar-refractivity contribution in [1.29, 1.82) is 0 Å². The van der Waals surface area contributed by atoms with Gasteiger partial charge in [-0.3, -0.25) is 14.7 Å². The second kappa shape index (κ2) is 8.70. The molecule has 1 saturated heterocycles. The first-order chi connectivity index (χ1) is 15.3. The summed E-state index contributed by atoms with van der Waals surface area (Å²) >= 11 is 0. The number of aromatic nitrogens is 1. The predicted molar refractivity (Wildman–Crippen MR) is 124 cm³/mol. The number of carbonyl (C=O) groups excluding carboxylic acids is 1. The van der Waals surface area contributed by atoms with E-state index in [1.807, 2.05) is 35.2 Å². The average Bonchev–Trinajstić information content (AvgIpc) is 2.85. The lowest BCUT2D eigenvalue weighted by atomic mass is 9.96. The van der Waals surface area contributed by atoms with Crippen molar-refractivity contribution in [3.63, 3.8) is 0 Å². The number of piperazine rings is 1. The van der Waals surface area contributed by atoms with Crippen molar-refractivity contribution >= 4 is 16.8 Å². The zero-order chi connectivity index (χ0) is 21.0. The molecule has 4 nitrogen and oxygen atoms in total. The van der Waals surface area contributed by atoms with Gasteiger partial charge in [-0.25, -0.2) is 0 Å². The van der Waals surface area contributed by atoms with Gasteiger partial charge in [0.15, 0.2) is 0 Å². The van der Waals surface area contributed by atoms with Crippen LogP contribution < -0.4 is 0 Å². The number of para-hydroxylation sites is 1. The van der Waals surface area contributed by atoms with Crippen LogP contribution in [-0.2, 0) is 0 Å². The highest BCUT2D eigenvalue weighted by Gasteiger charge is 2.29. The second-order valence-corrected chi connectivity index (χ2v) is 7.93. The van der Waals surface area contributed by atoms with Gasteiger partial charge in [0.1, 0.15) is 0 Å². The van der Waals surface area contributed by atoms with Crippen molar-refractivity contribution in [2.45, 2.75) is 6.04 Å². The van der Waals surface area contributed by atoms with Gasteiger partial charge in [-0.15, -0.1) is 0 Å². The maximum atomic E-state index is 13.3. The van der Waals surface area contributed by atoms with E-state index in [-0.39, 0.29) is 11.9 Å². The molecule has 5 rings (SSSR count). The number of amides is 1. The maximum absolute atomic E-state index is 13.3. The summed E-state index contributed by atoms with van der Waals surface area (Å²) in [5.74, 6) is 0.0919. The van der Waals surface area contributed by atoms with Crippen LogP contribution in [0.15, 0.2) is 97.2 Å². The Kier molecular flexibility index (Phi) is 5.46. The van der Waals surface area contributed by atoms with E-state index in [4.69, 9.17) is 0 Å². The Hall–Kier alpha value is -3.50. The molecule has 1 amide bonds. The summed E-state index contributed by atoms with van der Waals surface area (Å²) in [6, 6.07) is 31.2. The molecule has 0 unspecified atom stereocenters. The summed E-state index contributed by atoms with van der Waals surface area (Å²) in [6.07, 6.45) is 1.73. The Morgan fingerprint density at radius 3 is 1.94 bits per heavy atom. The van der Waals surface area contributed by atoms with E-state index in [2.05, 4.69) is 70.5 Å². The van der Waals surface area contributed by atoms with E-state index < -0.39 is 0 Å². The molecular formula is C27H25N3O. The van der Waals surface area contributed by atoms with Crippen LogP contribution in [0, 0.1) is 0 Å². The summed E-state index contributed by atoms with van der Waals surface area (Å²) in [7, 11) is 0. The van der Waals surface area contributed by atoms with Gasteiger partial charge in [-0.05, 0) is 23.3 Å². The molecule has 4 aromatic rings. The van der Waals surface area contributed by atoms with Crippen molar-refractivity contribution in [2.75, 3.05) is 26.2 Å². The highest BCUT2D eigenvalue weighted by Crippen LogP contribution is 2.30. The van der Waals surface area contributed by atoms with E-state index in [0.717, 1.165) is 29.6 Å². The number of hydrogen-bond donors (Lipinski definition) is 0. The van der Waals surface area contributed by atoms with Crippen LogP contribution in [0.1, 0.15) is 27.5 Å². The molecule has 1 aliphatic rings. The summed E-state index contributed by atoms with van der Waals surface area (Å²) < 4.78 is 0. The van der Waals surface area contributed by atoms with Crippen molar-refractivity contribution in [2.24, 2.45) is 0 Å². The predicted octanol–water partition coefficient (Wildman–Crippen LogP) is 4.78. The molecule has 0 atom stereocenters. The van der Waals surface area contributed by atoms with E-state index >= 15 is 0 Å². The van der Waals surface area contributed by atoms with Gasteiger partial charge in [-0.1, -0.05) is 78.9 Å². The molecule has 0 bridgehead atoms. The molecule has 0 N–H and O–H groups in total. The van der Waals surface area contributed by atoms with Crippen LogP contribution >= 0.6 is 0 Å². The van der Waals surface area contributed by atoms with Gasteiger partial charge < -0.3 is 4.90 Å². The number of rotatable bonds is 4. The van der Waals surface area contributed by atoms with Gasteiger partial charge in [0.2, 0.25) is 0 Å². The van der Waals surface area contributed by atoms with Crippen LogP contribution in [0.3, 0.4) is 0 Å². The lowest BCUT2D eigenvalue weighted by Crippen LogP contribution is -2.49. The van der Waals surface area contributed by atoms with Crippen molar-refractivity contribution < 1.29 is 4.79 Å². The fraction of sp³-hybridized carbons (Fsp3) is 0.185. The first-order valence-electron chi connectivity index (χ1n) is 10.8. The molecule has 1 fully saturated rings. The SMILES string of the molecule is O=C(c1ccnc2ccccc12)N1CCN(C(c2ccccc2)c2ccccc2)CC1. The molecule has 4 heteroatoms. The van der Waals surface area contributed by atoms with E-state index in [0.29, 0.717) is 13.1 Å². The summed E-state index contributed by atoms with van der Waals surface area (Å²) in [4.78, 5) is 22.2. The Labute approximate surface area is 182 Å². The maximum Gasteiger partial charge on any atom is 0.254 e. The third-order valence-corrected chi connectivity index (χ3v) is 6.08. The van der Waals surface area contributed by atoms with Gasteiger partial charge >= 0.3 is 0 Å². The molecule has 1 aliphatic heterocycles. The highest BCUT2D eigenvalue weighted by atomic mass is 16.2. The Morgan fingerprint density at radius 1 is 0.710 bits per heavy atom. The summed E-state index contributed by atoms with van der Waals surface area (Å²) in [5, 5.41) is 0.920. The summed E-state index contributed by atoms with van der Waals surface area (Å²) in [5.41, 5.74) is 4.17. The van der Waals surface area contributed by atoms with E-state index in [9.17, 15) is 4.79 Å². The average molecular weight is 408 g/mol. The van der Waals surface area contributed by atoms with Gasteiger partial charge in [0, 0.05) is 37.8 Å². The number of pyridine rings is 1. The van der Waals surface area contributed by atoms with Crippen LogP contribution in [0.4, 0.5) is 0 Å². The van der Waals surface area contributed by atoms with Gasteiger partial charge in [0.05, 0.1) is 17.1 Å². The van der Waals surface area contributed by atoms with Crippen molar-refractivity contribution in [3.05, 3.63) is 114 Å². The van der Waals surface area contributed by atoms with Crippen LogP contribution in [0.5, 0.6) is 0 Å². The molecule has 3 aromatic carbocycles. The molecule has 2 heterocycles. The quantitative estimate of drug-likeness (QED) is 0.488. The Morgan fingerprint density at radius 2 is 1.29 bits per heavy atom. The van der Waals surface area contributed by atoms with Gasteiger partial charge in [-0.2, -0.15) is 0 Å². The second-order valence-electron chi connectivity index (χ2n) is 7.93. The highest BCUT2D eigenvalue weighted by molar-refractivity contribution is 6.06. The first kappa shape index (κ1) is 19.5. The zero-order valence-corrected chi connectivity index (χ0v) is 17.4. The molecule has 31 heavy (non-hydrogen) atoms. The smallest absolute Gasteiger partial charge is 0.254 e. The fourth-order valence-electron chi connectivity index (χ4n) is 4.52. The number of fused-ring (bicyclic) bond motifs is 1. The molecule has 0 aliphatic carbocycles. The normalized spacial score (nSPS) is 14.8. The number of hydrogen-bond acceptors (Lipinski definition) is 3. The standard InChI is InChI=1S/C27H25N3O/c31-27(24-15-16-28-25-14-8-7-13-23(24)25)30-19-17-29(18-20-30)26(21-9-3-1-4-10-21)22-11-5-2-6-12-22/h1-16,26H,17-20H2. The summed E-state index contributed by atoms with van der Waals surface area (Å²) in [6.45, 7) is 3.10. The Bertz CT molecular complexity index is 1120. The minimum absolute atomic E-state index is 0.0919. The molecular weight excluding hydrogens is 382 g/mol. The molecule has 0 spiro atoms.